The van der Waals surface area contributed by atoms with E-state index >= 15 is 0 Å². The first-order valence-corrected chi connectivity index (χ1v) is 8.07. The van der Waals surface area contributed by atoms with Gasteiger partial charge in [-0.15, -0.1) is 0 Å². The zero-order valence-corrected chi connectivity index (χ0v) is 14.1. The quantitative estimate of drug-likeness (QED) is 0.713. The van der Waals surface area contributed by atoms with Crippen molar-refractivity contribution in [1.82, 2.24) is 10.2 Å². The van der Waals surface area contributed by atoms with Crippen molar-refractivity contribution in [3.8, 4) is 5.75 Å². The standard InChI is InChI=1S/C17H15F3N2OS/c1-10-6-7-21-22-15(10)13-9-16(2,3)23-14-5-4-11(8-12(13)14)24-17(18,19)20/h4-9H,1-3H3. The average Bonchev–Trinajstić information content (AvgIpc) is 2.45. The Balaban J connectivity index is 2.14. The van der Waals surface area contributed by atoms with Crippen molar-refractivity contribution in [2.75, 3.05) is 0 Å². The third-order valence-corrected chi connectivity index (χ3v) is 4.24. The van der Waals surface area contributed by atoms with E-state index in [1.54, 1.807) is 12.3 Å². The molecular weight excluding hydrogens is 337 g/mol. The lowest BCUT2D eigenvalue weighted by molar-refractivity contribution is -0.0328. The summed E-state index contributed by atoms with van der Waals surface area (Å²) in [5.41, 5.74) is -2.07. The number of rotatable bonds is 2. The van der Waals surface area contributed by atoms with Crippen LogP contribution in [0, 0.1) is 6.92 Å². The molecule has 1 aliphatic rings. The van der Waals surface area contributed by atoms with Crippen LogP contribution < -0.4 is 4.74 Å². The second-order valence-electron chi connectivity index (χ2n) is 6.03. The van der Waals surface area contributed by atoms with Crippen molar-refractivity contribution in [2.24, 2.45) is 0 Å². The second kappa shape index (κ2) is 5.81. The number of aryl methyl sites for hydroxylation is 1. The molecule has 2 aromatic rings. The van der Waals surface area contributed by atoms with E-state index in [1.807, 2.05) is 32.9 Å². The molecule has 126 valence electrons. The highest BCUT2D eigenvalue weighted by molar-refractivity contribution is 8.00. The van der Waals surface area contributed by atoms with Gasteiger partial charge >= 0.3 is 5.51 Å². The first-order chi connectivity index (χ1) is 11.1. The summed E-state index contributed by atoms with van der Waals surface area (Å²) in [5.74, 6) is 0.536. The molecule has 3 rings (SSSR count). The van der Waals surface area contributed by atoms with Crippen LogP contribution in [0.2, 0.25) is 0 Å². The van der Waals surface area contributed by atoms with Crippen LogP contribution in [0.1, 0.15) is 30.7 Å². The lowest BCUT2D eigenvalue weighted by Gasteiger charge is -2.31. The minimum Gasteiger partial charge on any atom is -0.483 e. The Kier molecular flexibility index (Phi) is 4.07. The molecule has 0 bridgehead atoms. The molecule has 0 spiro atoms. The van der Waals surface area contributed by atoms with E-state index in [-0.39, 0.29) is 16.7 Å². The molecule has 7 heteroatoms. The maximum Gasteiger partial charge on any atom is 0.446 e. The van der Waals surface area contributed by atoms with Crippen LogP contribution >= 0.6 is 11.8 Å². The molecule has 1 aromatic heterocycles. The molecule has 0 radical (unpaired) electrons. The van der Waals surface area contributed by atoms with E-state index in [0.717, 1.165) is 11.1 Å². The van der Waals surface area contributed by atoms with E-state index < -0.39 is 11.1 Å². The number of halogens is 3. The van der Waals surface area contributed by atoms with Crippen LogP contribution in [0.25, 0.3) is 5.57 Å². The smallest absolute Gasteiger partial charge is 0.446 e. The van der Waals surface area contributed by atoms with E-state index in [4.69, 9.17) is 4.74 Å². The van der Waals surface area contributed by atoms with Crippen LogP contribution in [0.5, 0.6) is 5.75 Å². The predicted octanol–water partition coefficient (Wildman–Crippen LogP) is 5.00. The van der Waals surface area contributed by atoms with Crippen molar-refractivity contribution in [3.63, 3.8) is 0 Å². The summed E-state index contributed by atoms with van der Waals surface area (Å²) >= 11 is -0.144. The minimum absolute atomic E-state index is 0.108. The van der Waals surface area contributed by atoms with Gasteiger partial charge in [0.15, 0.2) is 0 Å². The molecule has 0 aliphatic carbocycles. The SMILES string of the molecule is Cc1ccnnc1C1=CC(C)(C)Oc2ccc(SC(F)(F)F)cc21. The van der Waals surface area contributed by atoms with Crippen molar-refractivity contribution < 1.29 is 17.9 Å². The van der Waals surface area contributed by atoms with Crippen LogP contribution in [-0.2, 0) is 0 Å². The fourth-order valence-electron chi connectivity index (χ4n) is 2.60. The highest BCUT2D eigenvalue weighted by Gasteiger charge is 2.32. The number of alkyl halides is 3. The Morgan fingerprint density at radius 2 is 1.92 bits per heavy atom. The second-order valence-corrected chi connectivity index (χ2v) is 7.17. The van der Waals surface area contributed by atoms with Crippen LogP contribution in [0.4, 0.5) is 13.2 Å². The molecule has 0 N–H and O–H groups in total. The molecule has 0 amide bonds. The topological polar surface area (TPSA) is 35.0 Å². The third-order valence-electron chi connectivity index (χ3n) is 3.52. The van der Waals surface area contributed by atoms with Crippen molar-refractivity contribution in [2.45, 2.75) is 36.8 Å². The minimum atomic E-state index is -4.34. The number of aromatic nitrogens is 2. The number of hydrogen-bond acceptors (Lipinski definition) is 4. The van der Waals surface area contributed by atoms with Crippen LogP contribution in [-0.4, -0.2) is 21.3 Å². The van der Waals surface area contributed by atoms with Gasteiger partial charge in [0, 0.05) is 22.2 Å². The van der Waals surface area contributed by atoms with Crippen molar-refractivity contribution in [1.29, 1.82) is 0 Å². The predicted molar refractivity (Wildman–Crippen MR) is 86.9 cm³/mol. The Morgan fingerprint density at radius 3 is 2.58 bits per heavy atom. The molecule has 0 saturated carbocycles. The number of hydrogen-bond donors (Lipinski definition) is 0. The first kappa shape index (κ1) is 16.8. The Hall–Kier alpha value is -2.02. The molecule has 0 atom stereocenters. The van der Waals surface area contributed by atoms with Gasteiger partial charge in [0.05, 0.1) is 5.69 Å². The molecule has 24 heavy (non-hydrogen) atoms. The van der Waals surface area contributed by atoms with Gasteiger partial charge in [-0.05, 0) is 68.4 Å². The third kappa shape index (κ3) is 3.56. The largest absolute Gasteiger partial charge is 0.483 e. The highest BCUT2D eigenvalue weighted by Crippen LogP contribution is 2.44. The monoisotopic (exact) mass is 352 g/mol. The van der Waals surface area contributed by atoms with Gasteiger partial charge in [-0.1, -0.05) is 0 Å². The molecular formula is C17H15F3N2OS. The Bertz CT molecular complexity index is 816. The number of benzene rings is 1. The molecule has 0 unspecified atom stereocenters. The molecule has 1 aliphatic heterocycles. The van der Waals surface area contributed by atoms with Gasteiger partial charge in [0.2, 0.25) is 0 Å². The van der Waals surface area contributed by atoms with E-state index in [9.17, 15) is 13.2 Å². The number of ether oxygens (including phenoxy) is 1. The van der Waals surface area contributed by atoms with E-state index in [0.29, 0.717) is 17.0 Å². The van der Waals surface area contributed by atoms with Gasteiger partial charge in [-0.3, -0.25) is 0 Å². The highest BCUT2D eigenvalue weighted by atomic mass is 32.2. The summed E-state index contributed by atoms with van der Waals surface area (Å²) in [6.45, 7) is 5.67. The Morgan fingerprint density at radius 1 is 1.17 bits per heavy atom. The van der Waals surface area contributed by atoms with E-state index in [1.165, 1.54) is 12.1 Å². The number of thioether (sulfide) groups is 1. The molecule has 3 nitrogen and oxygen atoms in total. The molecule has 0 fully saturated rings. The lowest BCUT2D eigenvalue weighted by Crippen LogP contribution is -2.29. The van der Waals surface area contributed by atoms with Gasteiger partial charge in [-0.2, -0.15) is 23.4 Å². The summed E-state index contributed by atoms with van der Waals surface area (Å²) in [5, 5.41) is 8.07. The number of nitrogens with zero attached hydrogens (tertiary/aromatic N) is 2. The Labute approximate surface area is 141 Å². The van der Waals surface area contributed by atoms with Gasteiger partial charge < -0.3 is 4.74 Å². The summed E-state index contributed by atoms with van der Waals surface area (Å²) in [6, 6.07) is 6.30. The normalized spacial score (nSPS) is 16.2. The molecule has 0 saturated heterocycles. The fourth-order valence-corrected chi connectivity index (χ4v) is 3.18. The zero-order valence-electron chi connectivity index (χ0n) is 13.3. The van der Waals surface area contributed by atoms with E-state index in [2.05, 4.69) is 10.2 Å². The summed E-state index contributed by atoms with van der Waals surface area (Å²) in [7, 11) is 0. The van der Waals surface area contributed by atoms with Crippen LogP contribution in [0.3, 0.4) is 0 Å². The van der Waals surface area contributed by atoms with Gasteiger partial charge in [0.1, 0.15) is 11.4 Å². The molecule has 2 heterocycles. The maximum absolute atomic E-state index is 12.7. The summed E-state index contributed by atoms with van der Waals surface area (Å²) in [6.07, 6.45) is 3.45. The first-order valence-electron chi connectivity index (χ1n) is 7.25. The van der Waals surface area contributed by atoms with Gasteiger partial charge in [-0.25, -0.2) is 0 Å². The maximum atomic E-state index is 12.7. The zero-order chi connectivity index (χ0) is 17.5. The van der Waals surface area contributed by atoms with Crippen LogP contribution in [0.15, 0.2) is 41.4 Å². The fraction of sp³-hybridized carbons (Fsp3) is 0.294. The van der Waals surface area contributed by atoms with Gasteiger partial charge in [0.25, 0.3) is 0 Å². The average molecular weight is 352 g/mol. The number of fused-ring (bicyclic) bond motifs is 1. The van der Waals surface area contributed by atoms with Crippen molar-refractivity contribution >= 4 is 17.3 Å². The summed E-state index contributed by atoms with van der Waals surface area (Å²) in [4.78, 5) is 0.108. The lowest BCUT2D eigenvalue weighted by atomic mass is 9.91. The summed E-state index contributed by atoms with van der Waals surface area (Å²) < 4.78 is 43.9. The molecule has 1 aromatic carbocycles. The van der Waals surface area contributed by atoms with Crippen molar-refractivity contribution in [3.05, 3.63) is 53.4 Å².